The van der Waals surface area contributed by atoms with E-state index >= 15 is 0 Å². The molecule has 10 heavy (non-hydrogen) atoms. The number of aliphatic imine (C=N–C) groups is 1. The maximum atomic E-state index is 10.4. The van der Waals surface area contributed by atoms with Crippen molar-refractivity contribution in [1.82, 2.24) is 0 Å². The van der Waals surface area contributed by atoms with Gasteiger partial charge in [0.15, 0.2) is 5.90 Å². The van der Waals surface area contributed by atoms with Crippen LogP contribution in [0.25, 0.3) is 0 Å². The standard InChI is InChI=1S/C5H5NO3.Na/c1-3-6-4(2-7)5(8)9-3;/h2,7H,1H3;/q;+1/p-1/b4-2-;. The zero-order valence-corrected chi connectivity index (χ0v) is 7.75. The van der Waals surface area contributed by atoms with E-state index in [0.717, 1.165) is 0 Å². The largest absolute Gasteiger partial charge is 1.00 e. The van der Waals surface area contributed by atoms with Crippen LogP contribution in [0.1, 0.15) is 6.92 Å². The molecule has 5 heteroatoms. The summed E-state index contributed by atoms with van der Waals surface area (Å²) >= 11 is 0. The minimum absolute atomic E-state index is 0. The first-order valence-electron chi connectivity index (χ1n) is 2.33. The van der Waals surface area contributed by atoms with E-state index in [4.69, 9.17) is 0 Å². The van der Waals surface area contributed by atoms with E-state index in [0.29, 0.717) is 6.26 Å². The van der Waals surface area contributed by atoms with E-state index in [1.54, 1.807) is 0 Å². The number of rotatable bonds is 0. The minimum atomic E-state index is -0.664. The summed E-state index contributed by atoms with van der Waals surface area (Å²) in [7, 11) is 0. The molecule has 48 valence electrons. The maximum absolute atomic E-state index is 10.4. The molecule has 0 aromatic rings. The fourth-order valence-corrected chi connectivity index (χ4v) is 0.499. The quantitative estimate of drug-likeness (QED) is 0.153. The Morgan fingerprint density at radius 2 is 2.30 bits per heavy atom. The van der Waals surface area contributed by atoms with Gasteiger partial charge in [-0.2, -0.15) is 0 Å². The van der Waals surface area contributed by atoms with Crippen molar-refractivity contribution < 1.29 is 44.2 Å². The van der Waals surface area contributed by atoms with E-state index in [2.05, 4.69) is 9.73 Å². The Morgan fingerprint density at radius 1 is 1.70 bits per heavy atom. The van der Waals surface area contributed by atoms with Crippen LogP contribution in [0.3, 0.4) is 0 Å². The minimum Gasteiger partial charge on any atom is -0.876 e. The molecule has 0 radical (unpaired) electrons. The summed E-state index contributed by atoms with van der Waals surface area (Å²) in [5.74, 6) is -0.440. The topological polar surface area (TPSA) is 61.7 Å². The van der Waals surface area contributed by atoms with Crippen LogP contribution >= 0.6 is 0 Å². The van der Waals surface area contributed by atoms with Gasteiger partial charge >= 0.3 is 35.5 Å². The first kappa shape index (κ1) is 9.68. The second kappa shape index (κ2) is 3.75. The van der Waals surface area contributed by atoms with Crippen LogP contribution in [0, 0.1) is 0 Å². The molecule has 0 N–H and O–H groups in total. The molecule has 0 aliphatic carbocycles. The molecule has 0 fully saturated rings. The Morgan fingerprint density at radius 3 is 2.50 bits per heavy atom. The predicted octanol–water partition coefficient (Wildman–Crippen LogP) is -3.83. The van der Waals surface area contributed by atoms with Crippen molar-refractivity contribution in [2.24, 2.45) is 4.99 Å². The SMILES string of the molecule is CC1=N/C(=C\[O-])C(=O)O1.[Na+]. The van der Waals surface area contributed by atoms with Crippen LogP contribution in [0.5, 0.6) is 0 Å². The van der Waals surface area contributed by atoms with Crippen molar-refractivity contribution in [3.63, 3.8) is 0 Å². The molecule has 0 aromatic heterocycles. The molecular weight excluding hydrogens is 145 g/mol. The number of hydrogen-bond donors (Lipinski definition) is 0. The molecule has 0 spiro atoms. The van der Waals surface area contributed by atoms with Gasteiger partial charge in [0.25, 0.3) is 0 Å². The van der Waals surface area contributed by atoms with Crippen molar-refractivity contribution >= 4 is 11.9 Å². The van der Waals surface area contributed by atoms with Crippen LogP contribution in [0.4, 0.5) is 0 Å². The van der Waals surface area contributed by atoms with Crippen LogP contribution in [-0.2, 0) is 9.53 Å². The monoisotopic (exact) mass is 149 g/mol. The number of esters is 1. The second-order valence-corrected chi connectivity index (χ2v) is 1.52. The summed E-state index contributed by atoms with van der Waals surface area (Å²) < 4.78 is 4.41. The molecule has 1 rings (SSSR count). The summed E-state index contributed by atoms with van der Waals surface area (Å²) in [6.45, 7) is 1.51. The number of hydrogen-bond acceptors (Lipinski definition) is 4. The molecule has 0 amide bonds. The summed E-state index contributed by atoms with van der Waals surface area (Å²) in [6.07, 6.45) is 0.374. The number of ether oxygens (including phenoxy) is 1. The summed E-state index contributed by atoms with van der Waals surface area (Å²) in [5, 5.41) is 9.92. The summed E-state index contributed by atoms with van der Waals surface area (Å²) in [5.41, 5.74) is -0.160. The molecule has 1 aliphatic heterocycles. The van der Waals surface area contributed by atoms with E-state index < -0.39 is 5.97 Å². The Bertz CT molecular complexity index is 209. The van der Waals surface area contributed by atoms with Crippen LogP contribution in [0.2, 0.25) is 0 Å². The van der Waals surface area contributed by atoms with Gasteiger partial charge in [-0.25, -0.2) is 9.79 Å². The third-order valence-corrected chi connectivity index (χ3v) is 0.839. The second-order valence-electron chi connectivity index (χ2n) is 1.52. The zero-order chi connectivity index (χ0) is 6.85. The van der Waals surface area contributed by atoms with Crippen molar-refractivity contribution in [3.8, 4) is 0 Å². The Labute approximate surface area is 79.9 Å². The molecule has 0 saturated carbocycles. The average molecular weight is 149 g/mol. The van der Waals surface area contributed by atoms with Crippen molar-refractivity contribution in [2.45, 2.75) is 6.92 Å². The van der Waals surface area contributed by atoms with Crippen LogP contribution < -0.4 is 34.7 Å². The fraction of sp³-hybridized carbons (Fsp3) is 0.200. The number of carbonyl (C=O) groups excluding carboxylic acids is 1. The van der Waals surface area contributed by atoms with Crippen LogP contribution in [-0.4, -0.2) is 11.9 Å². The first-order chi connectivity index (χ1) is 4.24. The van der Waals surface area contributed by atoms with Crippen molar-refractivity contribution in [1.29, 1.82) is 0 Å². The van der Waals surface area contributed by atoms with Crippen molar-refractivity contribution in [2.75, 3.05) is 0 Å². The van der Waals surface area contributed by atoms with E-state index in [-0.39, 0.29) is 41.2 Å². The molecule has 0 unspecified atom stereocenters. The molecule has 0 atom stereocenters. The Kier molecular flexibility index (Phi) is 3.63. The maximum Gasteiger partial charge on any atom is 1.00 e. The predicted molar refractivity (Wildman–Crippen MR) is 27.3 cm³/mol. The third kappa shape index (κ3) is 1.83. The van der Waals surface area contributed by atoms with Gasteiger partial charge < -0.3 is 9.84 Å². The first-order valence-corrected chi connectivity index (χ1v) is 2.33. The van der Waals surface area contributed by atoms with E-state index in [1.807, 2.05) is 0 Å². The number of nitrogens with zero attached hydrogens (tertiary/aromatic N) is 1. The molecule has 4 nitrogen and oxygen atoms in total. The van der Waals surface area contributed by atoms with Gasteiger partial charge in [0.05, 0.1) is 0 Å². The smallest absolute Gasteiger partial charge is 0.876 e. The fourth-order valence-electron chi connectivity index (χ4n) is 0.499. The Hall–Kier alpha value is -0.320. The van der Waals surface area contributed by atoms with Gasteiger partial charge in [0.2, 0.25) is 0 Å². The Balaban J connectivity index is 0.000000810. The van der Waals surface area contributed by atoms with E-state index in [1.165, 1.54) is 6.92 Å². The van der Waals surface area contributed by atoms with Gasteiger partial charge in [-0.15, -0.1) is 6.26 Å². The van der Waals surface area contributed by atoms with Crippen molar-refractivity contribution in [3.05, 3.63) is 12.0 Å². The molecule has 1 heterocycles. The van der Waals surface area contributed by atoms with E-state index in [9.17, 15) is 9.90 Å². The van der Waals surface area contributed by atoms with Crippen LogP contribution in [0.15, 0.2) is 17.0 Å². The van der Waals surface area contributed by atoms with Gasteiger partial charge in [-0.05, 0) is 0 Å². The normalized spacial score (nSPS) is 19.9. The number of carbonyl (C=O) groups is 1. The van der Waals surface area contributed by atoms with Gasteiger partial charge in [0.1, 0.15) is 5.70 Å². The third-order valence-electron chi connectivity index (χ3n) is 0.839. The summed E-state index contributed by atoms with van der Waals surface area (Å²) in [6, 6.07) is 0. The van der Waals surface area contributed by atoms with Gasteiger partial charge in [-0.3, -0.25) is 0 Å². The molecular formula is C5H4NNaO3. The zero-order valence-electron chi connectivity index (χ0n) is 5.75. The van der Waals surface area contributed by atoms with Gasteiger partial charge in [-0.1, -0.05) is 0 Å². The molecule has 0 saturated heterocycles. The molecule has 0 bridgehead atoms. The summed E-state index contributed by atoms with van der Waals surface area (Å²) in [4.78, 5) is 13.9. The molecule has 0 aromatic carbocycles. The molecule has 1 aliphatic rings. The number of cyclic esters (lactones) is 1. The average Bonchev–Trinajstić information content (AvgIpc) is 2.10. The van der Waals surface area contributed by atoms with Gasteiger partial charge in [0, 0.05) is 6.92 Å².